The van der Waals surface area contributed by atoms with Gasteiger partial charge in [-0.3, -0.25) is 0 Å². The Morgan fingerprint density at radius 3 is 0.733 bits per heavy atom. The maximum atomic E-state index is 12.9. The third-order valence-electron chi connectivity index (χ3n) is 10.4. The zero-order valence-corrected chi connectivity index (χ0v) is 43.9. The molecule has 2 heteroatoms. The molecule has 0 aromatic heterocycles. The number of fused-ring (bicyclic) bond motifs is 1. The van der Waals surface area contributed by atoms with E-state index in [9.17, 15) is 8.78 Å². The topological polar surface area (TPSA) is 0 Å². The second-order valence-electron chi connectivity index (χ2n) is 16.3. The third-order valence-corrected chi connectivity index (χ3v) is 10.4. The molecule has 0 saturated carbocycles. The molecule has 0 amide bonds. The van der Waals surface area contributed by atoms with Crippen LogP contribution in [-0.2, 0) is 12.8 Å². The lowest BCUT2D eigenvalue weighted by atomic mass is 9.58. The summed E-state index contributed by atoms with van der Waals surface area (Å²) in [5.41, 5.74) is 4.27. The number of aryl methyl sites for hydroxylation is 2. The Labute approximate surface area is 375 Å². The van der Waals surface area contributed by atoms with E-state index in [4.69, 9.17) is 0 Å². The molecule has 3 aromatic carbocycles. The average molecular weight is 833 g/mol. The average Bonchev–Trinajstić information content (AvgIpc) is 3.24. The van der Waals surface area contributed by atoms with Crippen molar-refractivity contribution in [3.8, 4) is 0 Å². The summed E-state index contributed by atoms with van der Waals surface area (Å²) in [5.74, 6) is 0. The normalized spacial score (nSPS) is 20.1. The van der Waals surface area contributed by atoms with Crippen LogP contribution >= 0.6 is 0 Å². The minimum absolute atomic E-state index is 0.307. The Kier molecular flexibility index (Phi) is 38.4. The first-order valence-corrected chi connectivity index (χ1v) is 23.3. The predicted octanol–water partition coefficient (Wildman–Crippen LogP) is 19.7. The van der Waals surface area contributed by atoms with E-state index in [0.717, 1.165) is 0 Å². The number of rotatable bonds is 0. The largest absolute Gasteiger partial charge is 0.235 e. The van der Waals surface area contributed by atoms with Gasteiger partial charge in [0, 0.05) is 0 Å². The molecule has 0 bridgehead atoms. The molecule has 60 heavy (non-hydrogen) atoms. The van der Waals surface area contributed by atoms with Crippen molar-refractivity contribution in [3.05, 3.63) is 156 Å². The number of halogens is 2. The van der Waals surface area contributed by atoms with Crippen LogP contribution in [0, 0.1) is 35.5 Å². The van der Waals surface area contributed by atoms with Gasteiger partial charge in [0.1, 0.15) is 11.3 Å². The van der Waals surface area contributed by atoms with Crippen LogP contribution in [0.3, 0.4) is 0 Å². The Morgan fingerprint density at radius 2 is 0.550 bits per heavy atom. The molecule has 0 N–H and O–H groups in total. The molecule has 3 aromatic rings. The van der Waals surface area contributed by atoms with Crippen molar-refractivity contribution >= 4 is 0 Å². The van der Waals surface area contributed by atoms with Gasteiger partial charge in [0.05, 0.1) is 0 Å². The first kappa shape index (κ1) is 65.6. The van der Waals surface area contributed by atoms with Crippen LogP contribution in [0.15, 0.2) is 134 Å². The van der Waals surface area contributed by atoms with Crippen LogP contribution in [0.25, 0.3) is 0 Å². The Balaban J connectivity index is -0.000000201. The maximum Gasteiger partial charge on any atom is 0.144 e. The number of hydrogen-bond acceptors (Lipinski definition) is 0. The molecule has 3 aliphatic carbocycles. The van der Waals surface area contributed by atoms with E-state index in [1.165, 1.54) is 62.1 Å². The van der Waals surface area contributed by atoms with Crippen LogP contribution < -0.4 is 0 Å². The monoisotopic (exact) mass is 833 g/mol. The quantitative estimate of drug-likeness (QED) is 0.198. The van der Waals surface area contributed by atoms with Crippen LogP contribution in [0.5, 0.6) is 0 Å². The van der Waals surface area contributed by atoms with Crippen molar-refractivity contribution < 1.29 is 8.78 Å². The highest BCUT2D eigenvalue weighted by molar-refractivity contribution is 5.33. The summed E-state index contributed by atoms with van der Waals surface area (Å²) in [7, 11) is 0. The molecule has 0 heterocycles. The summed E-state index contributed by atoms with van der Waals surface area (Å²) < 4.78 is 25.7. The lowest BCUT2D eigenvalue weighted by molar-refractivity contribution is 0.0966. The molecule has 0 atom stereocenters. The van der Waals surface area contributed by atoms with E-state index >= 15 is 0 Å². The summed E-state index contributed by atoms with van der Waals surface area (Å²) in [6.45, 7) is 49.6. The predicted molar refractivity (Wildman–Crippen MR) is 275 cm³/mol. The van der Waals surface area contributed by atoms with Crippen molar-refractivity contribution in [1.29, 1.82) is 0 Å². The van der Waals surface area contributed by atoms with Gasteiger partial charge in [-0.1, -0.05) is 259 Å². The highest BCUT2D eigenvalue weighted by atomic mass is 19.1. The smallest absolute Gasteiger partial charge is 0.144 e. The molecule has 0 fully saturated rings. The molecule has 0 unspecified atom stereocenters. The van der Waals surface area contributed by atoms with E-state index < -0.39 is 11.3 Å². The molecule has 0 aliphatic heterocycles. The highest BCUT2D eigenvalue weighted by Crippen LogP contribution is 2.48. The fraction of sp³-hybridized carbons (Fsp3) is 0.552. The van der Waals surface area contributed by atoms with Gasteiger partial charge >= 0.3 is 0 Å². The standard InChI is InChI=1S/C14H20.C10H16.C8H10F2.2C7H8.6C2H6/c1-13(2)9-11-7-5-6-8-12(11)10-14(13,3)4;1-9(2)7-5-6-8-10(9,3)4;1-7(9)3-5-8(2,10)6-4-7;2*1-7-5-3-2-4-6-7;6*1-2/h5-8H,9-10H2,1-4H3;5-8H,1-4H3;3-6H,1-2H3;2*2-6H,1H3;6*1-2H3. The first-order valence-electron chi connectivity index (χ1n) is 23.3. The van der Waals surface area contributed by atoms with Gasteiger partial charge in [0.2, 0.25) is 0 Å². The van der Waals surface area contributed by atoms with Gasteiger partial charge in [-0.2, -0.15) is 0 Å². The van der Waals surface area contributed by atoms with Gasteiger partial charge in [-0.25, -0.2) is 8.78 Å². The fourth-order valence-corrected chi connectivity index (χ4v) is 5.19. The third kappa shape index (κ3) is 28.1. The van der Waals surface area contributed by atoms with E-state index in [-0.39, 0.29) is 0 Å². The molecule has 0 radical (unpaired) electrons. The van der Waals surface area contributed by atoms with Crippen LogP contribution in [0.1, 0.15) is 175 Å². The van der Waals surface area contributed by atoms with Gasteiger partial charge < -0.3 is 0 Å². The Bertz CT molecular complexity index is 1380. The lowest BCUT2D eigenvalue weighted by Gasteiger charge is -2.46. The van der Waals surface area contributed by atoms with Crippen molar-refractivity contribution in [1.82, 2.24) is 0 Å². The van der Waals surface area contributed by atoms with Gasteiger partial charge in [-0.15, -0.1) is 0 Å². The highest BCUT2D eigenvalue weighted by Gasteiger charge is 2.40. The fourth-order valence-electron chi connectivity index (χ4n) is 5.19. The Morgan fingerprint density at radius 1 is 0.333 bits per heavy atom. The zero-order valence-electron chi connectivity index (χ0n) is 43.9. The molecule has 6 rings (SSSR count). The lowest BCUT2D eigenvalue weighted by Crippen LogP contribution is -2.40. The maximum absolute atomic E-state index is 12.9. The van der Waals surface area contributed by atoms with Crippen molar-refractivity contribution in [2.45, 2.75) is 190 Å². The van der Waals surface area contributed by atoms with Gasteiger partial charge in [-0.05, 0) is 97.6 Å². The zero-order chi connectivity index (χ0) is 48.3. The molecule has 344 valence electrons. The minimum Gasteiger partial charge on any atom is -0.235 e. The van der Waals surface area contributed by atoms with E-state index in [0.29, 0.717) is 21.7 Å². The minimum atomic E-state index is -1.47. The van der Waals surface area contributed by atoms with Crippen LogP contribution in [0.4, 0.5) is 8.78 Å². The SMILES string of the molecule is CC.CC.CC.CC.CC.CC.CC1(C)C=CC=CC1(C)C.CC1(C)Cc2ccccc2CC1(C)C.CC1(F)C=CC(C)(F)C=C1.Cc1ccccc1.Cc1ccccc1. The molecular weight excluding hydrogens is 735 g/mol. The van der Waals surface area contributed by atoms with Crippen molar-refractivity contribution in [2.75, 3.05) is 0 Å². The van der Waals surface area contributed by atoms with E-state index in [1.807, 2.05) is 119 Å². The summed E-state index contributed by atoms with van der Waals surface area (Å²) in [6, 6.07) is 29.4. The second kappa shape index (κ2) is 35.1. The first-order chi connectivity index (χ1) is 28.1. The summed E-state index contributed by atoms with van der Waals surface area (Å²) in [4.78, 5) is 0. The van der Waals surface area contributed by atoms with Crippen molar-refractivity contribution in [3.63, 3.8) is 0 Å². The summed E-state index contributed by atoms with van der Waals surface area (Å²) >= 11 is 0. The second-order valence-corrected chi connectivity index (χ2v) is 16.3. The van der Waals surface area contributed by atoms with E-state index in [1.54, 1.807) is 11.1 Å². The Hall–Kier alpha value is -3.52. The van der Waals surface area contributed by atoms with Crippen molar-refractivity contribution in [2.24, 2.45) is 21.7 Å². The number of alkyl halides is 2. The number of hydrogen-bond donors (Lipinski definition) is 0. The molecule has 0 spiro atoms. The summed E-state index contributed by atoms with van der Waals surface area (Å²) in [6.07, 6.45) is 16.2. The number of allylic oxidation sites excluding steroid dienone is 8. The van der Waals surface area contributed by atoms with E-state index in [2.05, 4.69) is 142 Å². The van der Waals surface area contributed by atoms with Gasteiger partial charge in [0.25, 0.3) is 0 Å². The van der Waals surface area contributed by atoms with Crippen LogP contribution in [0.2, 0.25) is 0 Å². The molecule has 3 aliphatic rings. The summed E-state index contributed by atoms with van der Waals surface area (Å²) in [5, 5.41) is 0. The van der Waals surface area contributed by atoms with Crippen LogP contribution in [-0.4, -0.2) is 11.3 Å². The number of benzene rings is 3. The molecular formula is C58H98F2. The molecule has 0 saturated heterocycles. The molecule has 0 nitrogen and oxygen atoms in total. The van der Waals surface area contributed by atoms with Gasteiger partial charge in [0.15, 0.2) is 0 Å².